The average molecular weight is 280 g/mol. The van der Waals surface area contributed by atoms with E-state index in [4.69, 9.17) is 4.74 Å². The highest BCUT2D eigenvalue weighted by molar-refractivity contribution is 5.93. The van der Waals surface area contributed by atoms with Crippen LogP contribution in [0.3, 0.4) is 0 Å². The summed E-state index contributed by atoms with van der Waals surface area (Å²) in [4.78, 5) is 23.7. The maximum absolute atomic E-state index is 11.9. The number of hydrogen-bond acceptors (Lipinski definition) is 6. The molecule has 0 radical (unpaired) electrons. The lowest BCUT2D eigenvalue weighted by molar-refractivity contribution is -0.349. The van der Waals surface area contributed by atoms with Crippen molar-refractivity contribution in [3.8, 4) is 0 Å². The molecule has 3 rings (SSSR count). The monoisotopic (exact) mass is 280 g/mol. The molecule has 0 saturated heterocycles. The molecule has 6 heteroatoms. The standard InChI is InChI=1S/C14H16O6/c1-2-3-4-11-14(17,18)20-13(16)10-7-5-9(6-8-10)12(15)19-11/h5-8,11,17-18H,2-4H2,1H3. The van der Waals surface area contributed by atoms with Crippen molar-refractivity contribution in [1.29, 1.82) is 0 Å². The van der Waals surface area contributed by atoms with E-state index >= 15 is 0 Å². The fourth-order valence-corrected chi connectivity index (χ4v) is 1.91. The molecule has 0 aromatic heterocycles. The number of aliphatic hydroxyl groups is 2. The Morgan fingerprint density at radius 1 is 1.10 bits per heavy atom. The van der Waals surface area contributed by atoms with Gasteiger partial charge >= 0.3 is 17.9 Å². The van der Waals surface area contributed by atoms with E-state index in [1.165, 1.54) is 24.3 Å². The molecule has 2 aliphatic heterocycles. The van der Waals surface area contributed by atoms with Crippen molar-refractivity contribution < 1.29 is 29.3 Å². The van der Waals surface area contributed by atoms with E-state index in [1.54, 1.807) is 0 Å². The summed E-state index contributed by atoms with van der Waals surface area (Å²) < 4.78 is 9.70. The summed E-state index contributed by atoms with van der Waals surface area (Å²) >= 11 is 0. The molecule has 0 aliphatic carbocycles. The number of hydrogen-bond donors (Lipinski definition) is 2. The van der Waals surface area contributed by atoms with Gasteiger partial charge in [-0.15, -0.1) is 0 Å². The van der Waals surface area contributed by atoms with Crippen LogP contribution in [-0.4, -0.2) is 34.2 Å². The highest BCUT2D eigenvalue weighted by atomic mass is 16.8. The zero-order valence-electron chi connectivity index (χ0n) is 11.0. The average Bonchev–Trinajstić information content (AvgIpc) is 2.41. The SMILES string of the molecule is CCCCC1OC(=O)c2ccc(cc2)C(=O)OC1(O)O. The third-order valence-electron chi connectivity index (χ3n) is 3.09. The van der Waals surface area contributed by atoms with Crippen LogP contribution in [0.2, 0.25) is 0 Å². The molecule has 108 valence electrons. The summed E-state index contributed by atoms with van der Waals surface area (Å²) in [6.45, 7) is 1.91. The number of carbonyl (C=O) groups is 2. The predicted octanol–water partition coefficient (Wildman–Crippen LogP) is 1.21. The smallest absolute Gasteiger partial charge is 0.363 e. The van der Waals surface area contributed by atoms with Crippen molar-refractivity contribution >= 4 is 11.9 Å². The van der Waals surface area contributed by atoms with Gasteiger partial charge in [0.15, 0.2) is 6.10 Å². The van der Waals surface area contributed by atoms with Crippen molar-refractivity contribution in [3.05, 3.63) is 35.4 Å². The van der Waals surface area contributed by atoms with Crippen LogP contribution in [0.4, 0.5) is 0 Å². The molecular formula is C14H16O6. The molecule has 6 nitrogen and oxygen atoms in total. The molecule has 2 heterocycles. The number of benzene rings is 1. The molecule has 0 spiro atoms. The highest BCUT2D eigenvalue weighted by Gasteiger charge is 2.42. The van der Waals surface area contributed by atoms with Crippen LogP contribution in [0.15, 0.2) is 24.3 Å². The first-order chi connectivity index (χ1) is 9.44. The second-order valence-electron chi connectivity index (χ2n) is 4.66. The summed E-state index contributed by atoms with van der Waals surface area (Å²) in [7, 11) is 0. The summed E-state index contributed by atoms with van der Waals surface area (Å²) in [5.41, 5.74) is 0.367. The van der Waals surface area contributed by atoms with E-state index in [-0.39, 0.29) is 17.5 Å². The first-order valence-electron chi connectivity index (χ1n) is 6.43. The molecule has 1 aromatic rings. The van der Waals surface area contributed by atoms with Gasteiger partial charge in [0.2, 0.25) is 0 Å². The number of esters is 2. The minimum Gasteiger partial charge on any atom is -0.449 e. The van der Waals surface area contributed by atoms with Crippen LogP contribution < -0.4 is 0 Å². The van der Waals surface area contributed by atoms with Crippen LogP contribution in [0.25, 0.3) is 0 Å². The molecular weight excluding hydrogens is 264 g/mol. The van der Waals surface area contributed by atoms with Crippen molar-refractivity contribution in [2.45, 2.75) is 38.3 Å². The lowest BCUT2D eigenvalue weighted by atomic mass is 10.1. The Kier molecular flexibility index (Phi) is 4.06. The van der Waals surface area contributed by atoms with Gasteiger partial charge in [-0.2, -0.15) is 0 Å². The van der Waals surface area contributed by atoms with Crippen LogP contribution in [0.5, 0.6) is 0 Å². The van der Waals surface area contributed by atoms with E-state index in [9.17, 15) is 19.8 Å². The van der Waals surface area contributed by atoms with Gasteiger partial charge in [0.25, 0.3) is 0 Å². The van der Waals surface area contributed by atoms with Gasteiger partial charge in [-0.25, -0.2) is 9.59 Å². The number of ether oxygens (including phenoxy) is 2. The minimum atomic E-state index is -2.84. The molecule has 20 heavy (non-hydrogen) atoms. The van der Waals surface area contributed by atoms with E-state index in [0.717, 1.165) is 6.42 Å². The van der Waals surface area contributed by atoms with Gasteiger partial charge in [0.05, 0.1) is 11.1 Å². The Morgan fingerprint density at radius 2 is 1.65 bits per heavy atom. The molecule has 1 aromatic carbocycles. The maximum Gasteiger partial charge on any atom is 0.363 e. The molecule has 1 atom stereocenters. The fourth-order valence-electron chi connectivity index (χ4n) is 1.91. The highest BCUT2D eigenvalue weighted by Crippen LogP contribution is 2.23. The van der Waals surface area contributed by atoms with Crippen molar-refractivity contribution in [3.63, 3.8) is 0 Å². The van der Waals surface area contributed by atoms with Gasteiger partial charge < -0.3 is 19.7 Å². The molecule has 0 saturated carbocycles. The summed E-state index contributed by atoms with van der Waals surface area (Å²) in [6.07, 6.45) is 0.216. The van der Waals surface area contributed by atoms with E-state index < -0.39 is 24.0 Å². The van der Waals surface area contributed by atoms with E-state index in [0.29, 0.717) is 6.42 Å². The largest absolute Gasteiger partial charge is 0.449 e. The maximum atomic E-state index is 11.9. The number of rotatable bonds is 3. The summed E-state index contributed by atoms with van der Waals surface area (Å²) in [5, 5.41) is 19.7. The zero-order chi connectivity index (χ0) is 14.8. The topological polar surface area (TPSA) is 93.1 Å². The third kappa shape index (κ3) is 2.97. The Labute approximate surface area is 115 Å². The first kappa shape index (κ1) is 14.5. The number of fused-ring (bicyclic) bond motifs is 7. The molecule has 0 fully saturated rings. The second-order valence-corrected chi connectivity index (χ2v) is 4.66. The Morgan fingerprint density at radius 3 is 2.20 bits per heavy atom. The fraction of sp³-hybridized carbons (Fsp3) is 0.429. The van der Waals surface area contributed by atoms with Crippen LogP contribution in [-0.2, 0) is 9.47 Å². The van der Waals surface area contributed by atoms with Gasteiger partial charge in [-0.05, 0) is 37.1 Å². The van der Waals surface area contributed by atoms with Crippen LogP contribution in [0, 0.1) is 0 Å². The van der Waals surface area contributed by atoms with Crippen molar-refractivity contribution in [1.82, 2.24) is 0 Å². The Balaban J connectivity index is 2.35. The lowest BCUT2D eigenvalue weighted by Gasteiger charge is -2.30. The number of carbonyl (C=O) groups excluding carboxylic acids is 2. The van der Waals surface area contributed by atoms with Gasteiger partial charge in [-0.3, -0.25) is 0 Å². The Bertz CT molecular complexity index is 505. The Hall–Kier alpha value is -1.92. The first-order valence-corrected chi connectivity index (χ1v) is 6.43. The lowest BCUT2D eigenvalue weighted by Crippen LogP contribution is -2.49. The molecule has 1 unspecified atom stereocenters. The molecule has 2 N–H and O–H groups in total. The van der Waals surface area contributed by atoms with Gasteiger partial charge in [-0.1, -0.05) is 13.3 Å². The molecule has 2 bridgehead atoms. The quantitative estimate of drug-likeness (QED) is 0.638. The predicted molar refractivity (Wildman–Crippen MR) is 67.8 cm³/mol. The summed E-state index contributed by atoms with van der Waals surface area (Å²) in [6, 6.07) is 5.58. The van der Waals surface area contributed by atoms with Gasteiger partial charge in [0.1, 0.15) is 0 Å². The third-order valence-corrected chi connectivity index (χ3v) is 3.09. The number of unbranched alkanes of at least 4 members (excludes halogenated alkanes) is 1. The van der Waals surface area contributed by atoms with Crippen molar-refractivity contribution in [2.75, 3.05) is 0 Å². The van der Waals surface area contributed by atoms with E-state index in [1.807, 2.05) is 6.92 Å². The van der Waals surface area contributed by atoms with Crippen LogP contribution >= 0.6 is 0 Å². The second kappa shape index (κ2) is 5.60. The zero-order valence-corrected chi connectivity index (χ0v) is 11.0. The van der Waals surface area contributed by atoms with Crippen molar-refractivity contribution in [2.24, 2.45) is 0 Å². The minimum absolute atomic E-state index is 0.130. The van der Waals surface area contributed by atoms with E-state index in [2.05, 4.69) is 4.74 Å². The van der Waals surface area contributed by atoms with Crippen LogP contribution in [0.1, 0.15) is 46.9 Å². The molecule has 2 aliphatic rings. The normalized spacial score (nSPS) is 21.2. The van der Waals surface area contributed by atoms with Gasteiger partial charge in [0, 0.05) is 0 Å². The molecule has 0 amide bonds. The summed E-state index contributed by atoms with van der Waals surface area (Å²) in [5.74, 6) is -4.42.